The maximum Gasteiger partial charge on any atom is 0.257 e. The van der Waals surface area contributed by atoms with Gasteiger partial charge in [0.2, 0.25) is 0 Å². The highest BCUT2D eigenvalue weighted by atomic mass is 32.1. The number of aromatic nitrogens is 1. The molecule has 1 amide bonds. The van der Waals surface area contributed by atoms with Crippen LogP contribution in [0.2, 0.25) is 0 Å². The van der Waals surface area contributed by atoms with E-state index in [4.69, 9.17) is 10.5 Å². The normalized spacial score (nSPS) is 10.3. The zero-order chi connectivity index (χ0) is 12.8. The van der Waals surface area contributed by atoms with Gasteiger partial charge in [-0.05, 0) is 18.0 Å². The van der Waals surface area contributed by atoms with Gasteiger partial charge in [0.25, 0.3) is 5.91 Å². The van der Waals surface area contributed by atoms with Gasteiger partial charge in [-0.3, -0.25) is 4.79 Å². The Morgan fingerprint density at radius 1 is 1.65 bits per heavy atom. The van der Waals surface area contributed by atoms with Gasteiger partial charge in [0.05, 0.1) is 0 Å². The van der Waals surface area contributed by atoms with E-state index in [2.05, 4.69) is 9.69 Å². The number of hydrogen-bond acceptors (Lipinski definition) is 6. The minimum Gasteiger partial charge on any atom is -0.385 e. The minimum atomic E-state index is -0.204. The summed E-state index contributed by atoms with van der Waals surface area (Å²) in [5.41, 5.74) is 6.15. The van der Waals surface area contributed by atoms with Crippen LogP contribution in [0.3, 0.4) is 0 Å². The molecular formula is C10H18N4O2S. The molecule has 0 saturated carbocycles. The summed E-state index contributed by atoms with van der Waals surface area (Å²) in [4.78, 5) is 13.6. The van der Waals surface area contributed by atoms with Gasteiger partial charge in [0, 0.05) is 34.4 Å². The third kappa shape index (κ3) is 3.31. The van der Waals surface area contributed by atoms with E-state index in [1.54, 1.807) is 14.2 Å². The molecule has 1 rings (SSSR count). The molecule has 0 aliphatic heterocycles. The first-order chi connectivity index (χ1) is 8.11. The number of rotatable bonds is 6. The molecule has 1 aromatic heterocycles. The molecule has 0 aromatic carbocycles. The number of nitrogen functional groups attached to an aromatic ring is 1. The molecule has 0 atom stereocenters. The van der Waals surface area contributed by atoms with E-state index in [0.717, 1.165) is 18.0 Å². The molecule has 96 valence electrons. The SMILES string of the molecule is CNC(=O)c1c(N)nsc1N(C)CCCOC. The Morgan fingerprint density at radius 2 is 2.35 bits per heavy atom. The van der Waals surface area contributed by atoms with Crippen LogP contribution in [0.5, 0.6) is 0 Å². The van der Waals surface area contributed by atoms with Crippen molar-refractivity contribution in [2.24, 2.45) is 0 Å². The van der Waals surface area contributed by atoms with Crippen molar-refractivity contribution in [1.29, 1.82) is 0 Å². The van der Waals surface area contributed by atoms with Gasteiger partial charge < -0.3 is 20.7 Å². The number of methoxy groups -OCH3 is 1. The number of nitrogens with one attached hydrogen (secondary N) is 1. The van der Waals surface area contributed by atoms with Crippen molar-refractivity contribution in [3.05, 3.63) is 5.56 Å². The van der Waals surface area contributed by atoms with Crippen LogP contribution in [0.15, 0.2) is 0 Å². The second kappa shape index (κ2) is 6.41. The summed E-state index contributed by atoms with van der Waals surface area (Å²) in [5, 5.41) is 3.36. The molecule has 17 heavy (non-hydrogen) atoms. The third-order valence-electron chi connectivity index (χ3n) is 2.34. The predicted molar refractivity (Wildman–Crippen MR) is 69.7 cm³/mol. The Labute approximate surface area is 105 Å². The zero-order valence-corrected chi connectivity index (χ0v) is 11.1. The summed E-state index contributed by atoms with van der Waals surface area (Å²) >= 11 is 1.24. The van der Waals surface area contributed by atoms with Crippen LogP contribution in [0.25, 0.3) is 0 Å². The summed E-state index contributed by atoms with van der Waals surface area (Å²) in [5.74, 6) is 0.0767. The number of ether oxygens (including phenoxy) is 1. The van der Waals surface area contributed by atoms with Crippen LogP contribution in [-0.2, 0) is 4.74 Å². The van der Waals surface area contributed by atoms with E-state index in [9.17, 15) is 4.79 Å². The number of hydrogen-bond donors (Lipinski definition) is 2. The second-order valence-corrected chi connectivity index (χ2v) is 4.35. The Kier molecular flexibility index (Phi) is 5.17. The van der Waals surface area contributed by atoms with E-state index in [0.29, 0.717) is 12.2 Å². The summed E-state index contributed by atoms with van der Waals surface area (Å²) in [7, 11) is 5.16. The Bertz CT molecular complexity index is 380. The van der Waals surface area contributed by atoms with Gasteiger partial charge in [-0.1, -0.05) is 0 Å². The number of carbonyl (C=O) groups is 1. The lowest BCUT2D eigenvalue weighted by molar-refractivity contribution is 0.0964. The molecular weight excluding hydrogens is 240 g/mol. The van der Waals surface area contributed by atoms with Gasteiger partial charge in [-0.15, -0.1) is 0 Å². The molecule has 3 N–H and O–H groups in total. The van der Waals surface area contributed by atoms with E-state index >= 15 is 0 Å². The van der Waals surface area contributed by atoms with Crippen LogP contribution in [-0.4, -0.2) is 44.6 Å². The summed E-state index contributed by atoms with van der Waals surface area (Å²) in [6.45, 7) is 1.48. The largest absolute Gasteiger partial charge is 0.385 e. The highest BCUT2D eigenvalue weighted by Crippen LogP contribution is 2.29. The van der Waals surface area contributed by atoms with Crippen molar-refractivity contribution in [3.8, 4) is 0 Å². The molecule has 1 heterocycles. The zero-order valence-electron chi connectivity index (χ0n) is 10.3. The van der Waals surface area contributed by atoms with Crippen LogP contribution in [0.1, 0.15) is 16.8 Å². The molecule has 0 fully saturated rings. The summed E-state index contributed by atoms with van der Waals surface area (Å²) < 4.78 is 9.01. The first kappa shape index (κ1) is 13.7. The number of anilines is 2. The molecule has 0 radical (unpaired) electrons. The molecule has 0 spiro atoms. The first-order valence-corrected chi connectivity index (χ1v) is 6.06. The number of nitrogens with two attached hydrogens (primary N) is 1. The lowest BCUT2D eigenvalue weighted by Gasteiger charge is -2.17. The average molecular weight is 258 g/mol. The Balaban J connectivity index is 2.79. The second-order valence-electron chi connectivity index (χ2n) is 3.59. The quantitative estimate of drug-likeness (QED) is 0.729. The van der Waals surface area contributed by atoms with Crippen LogP contribution in [0.4, 0.5) is 10.8 Å². The van der Waals surface area contributed by atoms with Gasteiger partial charge in [0.15, 0.2) is 5.82 Å². The lowest BCUT2D eigenvalue weighted by atomic mass is 10.2. The average Bonchev–Trinajstić information content (AvgIpc) is 2.70. The minimum absolute atomic E-state index is 0.204. The van der Waals surface area contributed by atoms with E-state index < -0.39 is 0 Å². The summed E-state index contributed by atoms with van der Waals surface area (Å²) in [6, 6.07) is 0. The highest BCUT2D eigenvalue weighted by molar-refractivity contribution is 7.11. The van der Waals surface area contributed by atoms with E-state index in [1.165, 1.54) is 11.5 Å². The van der Waals surface area contributed by atoms with Crippen LogP contribution < -0.4 is 16.0 Å². The van der Waals surface area contributed by atoms with Gasteiger partial charge in [-0.25, -0.2) is 0 Å². The smallest absolute Gasteiger partial charge is 0.257 e. The number of nitrogens with zero attached hydrogens (tertiary/aromatic N) is 2. The van der Waals surface area contributed by atoms with E-state index in [-0.39, 0.29) is 11.7 Å². The molecule has 0 saturated heterocycles. The van der Waals surface area contributed by atoms with Crippen molar-refractivity contribution >= 4 is 28.3 Å². The maximum atomic E-state index is 11.7. The first-order valence-electron chi connectivity index (χ1n) is 5.29. The third-order valence-corrected chi connectivity index (χ3v) is 3.32. The van der Waals surface area contributed by atoms with Crippen molar-refractivity contribution < 1.29 is 9.53 Å². The highest BCUT2D eigenvalue weighted by Gasteiger charge is 2.20. The maximum absolute atomic E-state index is 11.7. The lowest BCUT2D eigenvalue weighted by Crippen LogP contribution is -2.24. The molecule has 7 heteroatoms. The molecule has 0 unspecified atom stereocenters. The topological polar surface area (TPSA) is 80.5 Å². The molecule has 0 aliphatic rings. The molecule has 1 aromatic rings. The van der Waals surface area contributed by atoms with Crippen molar-refractivity contribution in [2.45, 2.75) is 6.42 Å². The number of amides is 1. The fourth-order valence-corrected chi connectivity index (χ4v) is 2.24. The Morgan fingerprint density at radius 3 is 2.94 bits per heavy atom. The Hall–Kier alpha value is -1.34. The monoisotopic (exact) mass is 258 g/mol. The standard InChI is InChI=1S/C10H18N4O2S/c1-12-9(15)7-8(11)13-17-10(7)14(2)5-4-6-16-3/h4-6H2,1-3H3,(H2,11,13)(H,12,15). The van der Waals surface area contributed by atoms with Crippen LogP contribution >= 0.6 is 11.5 Å². The summed E-state index contributed by atoms with van der Waals surface area (Å²) in [6.07, 6.45) is 0.887. The fourth-order valence-electron chi connectivity index (χ4n) is 1.44. The van der Waals surface area contributed by atoms with Gasteiger partial charge in [0.1, 0.15) is 10.6 Å². The van der Waals surface area contributed by atoms with Crippen molar-refractivity contribution in [2.75, 3.05) is 45.0 Å². The predicted octanol–water partition coefficient (Wildman–Crippen LogP) is 0.558. The fraction of sp³-hybridized carbons (Fsp3) is 0.600. The van der Waals surface area contributed by atoms with Crippen molar-refractivity contribution in [3.63, 3.8) is 0 Å². The van der Waals surface area contributed by atoms with Crippen molar-refractivity contribution in [1.82, 2.24) is 9.69 Å². The number of carbonyl (C=O) groups excluding carboxylic acids is 1. The molecule has 6 nitrogen and oxygen atoms in total. The van der Waals surface area contributed by atoms with E-state index in [1.807, 2.05) is 11.9 Å². The van der Waals surface area contributed by atoms with Gasteiger partial charge >= 0.3 is 0 Å². The molecule has 0 aliphatic carbocycles. The van der Waals surface area contributed by atoms with Crippen LogP contribution in [0, 0.1) is 0 Å². The molecule has 0 bridgehead atoms. The van der Waals surface area contributed by atoms with Gasteiger partial charge in [-0.2, -0.15) is 4.37 Å².